The number of hydrogen-bond acceptors (Lipinski definition) is 8. The molecule has 4 aromatic rings. The number of nitrogens with one attached hydrogen (secondary N) is 3. The minimum atomic E-state index is -0.544. The molecule has 1 aliphatic rings. The standard InChI is InChI=1S/C37H35N5O5S2/c1-4-47-32-16-9-8-13-26(32)19-31(40-35(45)25-11-6-5-7-12-25)36(46)39-27-14-10-15-28(20-27)48-23(2)34(44)41-37-30(21-38)29-17-18-42(24(3)43)22-33(29)49-37/h5-16,19-20,23H,4,17-18,22H2,1-3H3,(H,39,46)(H,40,45)(H,41,44)/b31-19+. The monoisotopic (exact) mass is 693 g/mol. The highest BCUT2D eigenvalue weighted by Gasteiger charge is 2.27. The number of anilines is 2. The van der Waals surface area contributed by atoms with Crippen LogP contribution in [-0.2, 0) is 27.3 Å². The molecule has 250 valence electrons. The third-order valence-electron chi connectivity index (χ3n) is 7.67. The molecule has 1 aromatic heterocycles. The van der Waals surface area contributed by atoms with Crippen LogP contribution in [0.4, 0.5) is 10.7 Å². The third-order valence-corrected chi connectivity index (χ3v) is 9.90. The Morgan fingerprint density at radius 3 is 2.53 bits per heavy atom. The number of amides is 4. The van der Waals surface area contributed by atoms with E-state index in [2.05, 4.69) is 22.0 Å². The summed E-state index contributed by atoms with van der Waals surface area (Å²) in [5.41, 5.74) is 2.84. The van der Waals surface area contributed by atoms with Crippen LogP contribution in [0.2, 0.25) is 0 Å². The molecule has 12 heteroatoms. The van der Waals surface area contributed by atoms with Crippen LogP contribution in [-0.4, -0.2) is 46.9 Å². The fraction of sp³-hybridized carbons (Fsp3) is 0.216. The number of rotatable bonds is 11. The van der Waals surface area contributed by atoms with Crippen molar-refractivity contribution in [3.8, 4) is 11.8 Å². The van der Waals surface area contributed by atoms with Gasteiger partial charge < -0.3 is 25.6 Å². The molecular weight excluding hydrogens is 659 g/mol. The zero-order valence-electron chi connectivity index (χ0n) is 27.2. The van der Waals surface area contributed by atoms with Crippen LogP contribution in [0.3, 0.4) is 0 Å². The summed E-state index contributed by atoms with van der Waals surface area (Å²) in [5.74, 6) is -0.722. The van der Waals surface area contributed by atoms with Gasteiger partial charge in [-0.3, -0.25) is 19.2 Å². The fourth-order valence-corrected chi connectivity index (χ4v) is 7.32. The van der Waals surface area contributed by atoms with Crippen molar-refractivity contribution in [2.45, 2.75) is 43.9 Å². The molecule has 49 heavy (non-hydrogen) atoms. The number of carbonyl (C=O) groups is 4. The van der Waals surface area contributed by atoms with Crippen LogP contribution in [0.5, 0.6) is 5.75 Å². The van der Waals surface area contributed by atoms with Gasteiger partial charge >= 0.3 is 0 Å². The zero-order chi connectivity index (χ0) is 34.9. The molecular formula is C37H35N5O5S2. The van der Waals surface area contributed by atoms with Crippen LogP contribution < -0.4 is 20.7 Å². The average molecular weight is 694 g/mol. The van der Waals surface area contributed by atoms with E-state index >= 15 is 0 Å². The number of hydrogen-bond donors (Lipinski definition) is 3. The quantitative estimate of drug-likeness (QED) is 0.121. The highest BCUT2D eigenvalue weighted by atomic mass is 32.2. The number of benzene rings is 3. The van der Waals surface area contributed by atoms with E-state index in [-0.39, 0.29) is 17.5 Å². The van der Waals surface area contributed by atoms with Crippen molar-refractivity contribution >= 4 is 63.5 Å². The van der Waals surface area contributed by atoms with Crippen LogP contribution >= 0.6 is 23.1 Å². The van der Waals surface area contributed by atoms with Crippen molar-refractivity contribution in [2.75, 3.05) is 23.8 Å². The first-order chi connectivity index (χ1) is 23.7. The summed E-state index contributed by atoms with van der Waals surface area (Å²) in [5, 5.41) is 18.3. The van der Waals surface area contributed by atoms with Gasteiger partial charge in [0, 0.05) is 40.1 Å². The van der Waals surface area contributed by atoms with E-state index in [0.29, 0.717) is 59.2 Å². The van der Waals surface area contributed by atoms with Crippen molar-refractivity contribution < 1.29 is 23.9 Å². The molecule has 0 fully saturated rings. The summed E-state index contributed by atoms with van der Waals surface area (Å²) in [7, 11) is 0. The summed E-state index contributed by atoms with van der Waals surface area (Å²) >= 11 is 2.63. The first-order valence-electron chi connectivity index (χ1n) is 15.7. The topological polar surface area (TPSA) is 141 Å². The number of fused-ring (bicyclic) bond motifs is 1. The van der Waals surface area contributed by atoms with Gasteiger partial charge in [-0.2, -0.15) is 5.26 Å². The minimum absolute atomic E-state index is 0.0187. The minimum Gasteiger partial charge on any atom is -0.493 e. The summed E-state index contributed by atoms with van der Waals surface area (Å²) in [6, 6.07) is 25.1. The van der Waals surface area contributed by atoms with Crippen LogP contribution in [0.15, 0.2) is 89.5 Å². The van der Waals surface area contributed by atoms with E-state index in [0.717, 1.165) is 15.3 Å². The van der Waals surface area contributed by atoms with Gasteiger partial charge in [-0.05, 0) is 68.3 Å². The lowest BCUT2D eigenvalue weighted by molar-refractivity contribution is -0.129. The third kappa shape index (κ3) is 8.76. The Morgan fingerprint density at radius 1 is 1.04 bits per heavy atom. The van der Waals surface area contributed by atoms with Crippen molar-refractivity contribution in [1.29, 1.82) is 5.26 Å². The predicted octanol–water partition coefficient (Wildman–Crippen LogP) is 6.45. The Labute approximate surface area is 293 Å². The maximum Gasteiger partial charge on any atom is 0.272 e. The first-order valence-corrected chi connectivity index (χ1v) is 17.4. The van der Waals surface area contributed by atoms with E-state index in [1.807, 2.05) is 25.1 Å². The highest BCUT2D eigenvalue weighted by Crippen LogP contribution is 2.37. The Morgan fingerprint density at radius 2 is 1.80 bits per heavy atom. The second kappa shape index (κ2) is 16.1. The number of thiophene rings is 1. The van der Waals surface area contributed by atoms with E-state index in [4.69, 9.17) is 4.74 Å². The predicted molar refractivity (Wildman–Crippen MR) is 192 cm³/mol. The fourth-order valence-electron chi connectivity index (χ4n) is 5.18. The Bertz CT molecular complexity index is 1950. The lowest BCUT2D eigenvalue weighted by Gasteiger charge is -2.25. The molecule has 0 radical (unpaired) electrons. The molecule has 0 aliphatic carbocycles. The number of para-hydroxylation sites is 1. The van der Waals surface area contributed by atoms with Crippen molar-refractivity contribution in [1.82, 2.24) is 10.2 Å². The lowest BCUT2D eigenvalue weighted by atomic mass is 10.0. The van der Waals surface area contributed by atoms with E-state index in [1.165, 1.54) is 30.0 Å². The van der Waals surface area contributed by atoms with Gasteiger partial charge in [0.1, 0.15) is 22.5 Å². The normalized spacial score (nSPS) is 13.0. The largest absolute Gasteiger partial charge is 0.493 e. The maximum absolute atomic E-state index is 13.6. The number of ether oxygens (including phenoxy) is 1. The Hall–Kier alpha value is -5.38. The molecule has 5 rings (SSSR count). The first kappa shape index (κ1) is 34.9. The summed E-state index contributed by atoms with van der Waals surface area (Å²) in [6.07, 6.45) is 2.14. The molecule has 4 amide bonds. The zero-order valence-corrected chi connectivity index (χ0v) is 28.9. The number of nitriles is 1. The lowest BCUT2D eigenvalue weighted by Crippen LogP contribution is -2.33. The van der Waals surface area contributed by atoms with Gasteiger partial charge in [0.25, 0.3) is 11.8 Å². The summed E-state index contributed by atoms with van der Waals surface area (Å²) in [6.45, 7) is 6.54. The second-order valence-electron chi connectivity index (χ2n) is 11.1. The Kier molecular flexibility index (Phi) is 11.5. The van der Waals surface area contributed by atoms with E-state index in [1.54, 1.807) is 78.6 Å². The van der Waals surface area contributed by atoms with Gasteiger partial charge in [-0.15, -0.1) is 23.1 Å². The van der Waals surface area contributed by atoms with Crippen molar-refractivity contribution in [3.05, 3.63) is 112 Å². The highest BCUT2D eigenvalue weighted by molar-refractivity contribution is 8.00. The second-order valence-corrected chi connectivity index (χ2v) is 13.6. The molecule has 0 spiro atoms. The van der Waals surface area contributed by atoms with Gasteiger partial charge in [0.2, 0.25) is 11.8 Å². The molecule has 1 aliphatic heterocycles. The number of nitrogens with zero attached hydrogens (tertiary/aromatic N) is 2. The molecule has 0 saturated heterocycles. The maximum atomic E-state index is 13.6. The van der Waals surface area contributed by atoms with Gasteiger partial charge in [-0.25, -0.2) is 0 Å². The molecule has 3 aromatic carbocycles. The molecule has 1 atom stereocenters. The van der Waals surface area contributed by atoms with Crippen molar-refractivity contribution in [2.24, 2.45) is 0 Å². The molecule has 10 nitrogen and oxygen atoms in total. The molecule has 2 heterocycles. The molecule has 3 N–H and O–H groups in total. The SMILES string of the molecule is CCOc1ccccc1/C=C(/NC(=O)c1ccccc1)C(=O)Nc1cccc(SC(C)C(=O)Nc2sc3c(c2C#N)CCN(C(C)=O)C3)c1. The van der Waals surface area contributed by atoms with Gasteiger partial charge in [-0.1, -0.05) is 42.5 Å². The molecule has 1 unspecified atom stereocenters. The molecule has 0 bridgehead atoms. The van der Waals surface area contributed by atoms with E-state index in [9.17, 15) is 24.4 Å². The summed E-state index contributed by atoms with van der Waals surface area (Å²) in [4.78, 5) is 55.2. The molecule has 0 saturated carbocycles. The van der Waals surface area contributed by atoms with Crippen molar-refractivity contribution in [3.63, 3.8) is 0 Å². The summed E-state index contributed by atoms with van der Waals surface area (Å²) < 4.78 is 5.73. The van der Waals surface area contributed by atoms with Crippen LogP contribution in [0.25, 0.3) is 6.08 Å². The van der Waals surface area contributed by atoms with Crippen LogP contribution in [0, 0.1) is 11.3 Å². The Balaban J connectivity index is 1.30. The number of thioether (sulfide) groups is 1. The van der Waals surface area contributed by atoms with E-state index < -0.39 is 17.1 Å². The van der Waals surface area contributed by atoms with Gasteiger partial charge in [0.05, 0.1) is 24.0 Å². The van der Waals surface area contributed by atoms with Gasteiger partial charge in [0.15, 0.2) is 0 Å². The number of carbonyl (C=O) groups excluding carboxylic acids is 4. The van der Waals surface area contributed by atoms with Crippen LogP contribution in [0.1, 0.15) is 52.7 Å². The smallest absolute Gasteiger partial charge is 0.272 e. The average Bonchev–Trinajstić information content (AvgIpc) is 3.45.